The number of fused-ring (bicyclic) bond motifs is 1. The van der Waals surface area contributed by atoms with Crippen molar-refractivity contribution < 1.29 is 19.4 Å². The van der Waals surface area contributed by atoms with E-state index in [4.69, 9.17) is 14.5 Å². The molecule has 1 fully saturated rings. The summed E-state index contributed by atoms with van der Waals surface area (Å²) in [5.41, 5.74) is 8.31. The smallest absolute Gasteiger partial charge is 0.309 e. The molecule has 3 aromatic rings. The highest BCUT2D eigenvalue weighted by Gasteiger charge is 2.35. The van der Waals surface area contributed by atoms with E-state index in [0.29, 0.717) is 44.7 Å². The molecular formula is C37H50N4O4. The summed E-state index contributed by atoms with van der Waals surface area (Å²) >= 11 is 0. The van der Waals surface area contributed by atoms with Crippen LogP contribution in [0.15, 0.2) is 42.6 Å². The molecule has 0 spiro atoms. The minimum absolute atomic E-state index is 0.400. The number of aryl methyl sites for hydroxylation is 1. The molecule has 242 valence electrons. The number of piperidine rings is 1. The molecule has 1 N–H and O–H groups in total. The Labute approximate surface area is 268 Å². The second kappa shape index (κ2) is 15.2. The molecule has 2 aliphatic heterocycles. The standard InChI is InChI=1S/C37H50N4O4/c1-6-10-29(7-2)40-20-16-27-13-14-28(26(5)30(27)17-21-40)24-45-35-25(4)11-9-12-31(35)33-15-19-38-37(39-33)41-22-18-32(36(42)43)34(23-41)44-8-3/h9,11-15,19,29,32,34H,6-8,10,16-18,20-24H2,1-5H3,(H,42,43)/t29?,32?,34-/m0/s1. The number of para-hydroxylation sites is 1. The summed E-state index contributed by atoms with van der Waals surface area (Å²) in [5.74, 6) is 0.0668. The van der Waals surface area contributed by atoms with Crippen LogP contribution in [-0.2, 0) is 29.0 Å². The SMILES string of the molecule is CCCC(CC)N1CCc2ccc(COc3c(C)cccc3-c3ccnc(N4CCC(C(=O)O)[C@@H](OCC)C4)n3)c(C)c2CC1. The van der Waals surface area contributed by atoms with Crippen LogP contribution in [0.5, 0.6) is 5.75 Å². The van der Waals surface area contributed by atoms with Crippen LogP contribution in [0.1, 0.15) is 74.3 Å². The molecule has 0 bridgehead atoms. The van der Waals surface area contributed by atoms with Gasteiger partial charge in [0.2, 0.25) is 5.95 Å². The highest BCUT2D eigenvalue weighted by molar-refractivity contribution is 5.72. The van der Waals surface area contributed by atoms with Crippen molar-refractivity contribution in [1.82, 2.24) is 14.9 Å². The molecule has 1 aromatic heterocycles. The van der Waals surface area contributed by atoms with E-state index in [9.17, 15) is 9.90 Å². The number of aliphatic carboxylic acids is 1. The summed E-state index contributed by atoms with van der Waals surface area (Å²) in [5, 5.41) is 9.67. The van der Waals surface area contributed by atoms with Crippen molar-refractivity contribution in [2.24, 2.45) is 5.92 Å². The highest BCUT2D eigenvalue weighted by Crippen LogP contribution is 2.34. The summed E-state index contributed by atoms with van der Waals surface area (Å²) in [6, 6.07) is 13.3. The first-order valence-corrected chi connectivity index (χ1v) is 16.8. The van der Waals surface area contributed by atoms with Gasteiger partial charge in [-0.05, 0) is 92.8 Å². The molecule has 5 rings (SSSR count). The lowest BCUT2D eigenvalue weighted by Gasteiger charge is -2.36. The molecule has 8 heteroatoms. The second-order valence-electron chi connectivity index (χ2n) is 12.5. The fourth-order valence-corrected chi connectivity index (χ4v) is 7.18. The Balaban J connectivity index is 1.33. The molecule has 2 unspecified atom stereocenters. The topological polar surface area (TPSA) is 88.0 Å². The van der Waals surface area contributed by atoms with Crippen LogP contribution in [0.25, 0.3) is 11.3 Å². The number of carbonyl (C=O) groups is 1. The van der Waals surface area contributed by atoms with E-state index in [1.807, 2.05) is 30.0 Å². The van der Waals surface area contributed by atoms with E-state index in [0.717, 1.165) is 48.5 Å². The van der Waals surface area contributed by atoms with Crippen molar-refractivity contribution in [2.75, 3.05) is 37.7 Å². The summed E-state index contributed by atoms with van der Waals surface area (Å²) in [6.45, 7) is 15.1. The van der Waals surface area contributed by atoms with Gasteiger partial charge in [-0.2, -0.15) is 0 Å². The maximum Gasteiger partial charge on any atom is 0.309 e. The van der Waals surface area contributed by atoms with Gasteiger partial charge in [0.05, 0.1) is 17.7 Å². The monoisotopic (exact) mass is 614 g/mol. The Morgan fingerprint density at radius 1 is 1.07 bits per heavy atom. The minimum Gasteiger partial charge on any atom is -0.488 e. The Morgan fingerprint density at radius 3 is 2.64 bits per heavy atom. The van der Waals surface area contributed by atoms with Crippen LogP contribution < -0.4 is 9.64 Å². The lowest BCUT2D eigenvalue weighted by molar-refractivity contribution is -0.148. The number of ether oxygens (including phenoxy) is 2. The molecule has 0 radical (unpaired) electrons. The largest absolute Gasteiger partial charge is 0.488 e. The predicted molar refractivity (Wildman–Crippen MR) is 179 cm³/mol. The first-order valence-electron chi connectivity index (χ1n) is 16.8. The average Bonchev–Trinajstić information content (AvgIpc) is 3.27. The van der Waals surface area contributed by atoms with Crippen LogP contribution in [-0.4, -0.2) is 70.9 Å². The van der Waals surface area contributed by atoms with Gasteiger partial charge in [0.1, 0.15) is 12.4 Å². The zero-order valence-corrected chi connectivity index (χ0v) is 27.7. The number of anilines is 1. The van der Waals surface area contributed by atoms with Gasteiger partial charge in [-0.1, -0.05) is 44.5 Å². The van der Waals surface area contributed by atoms with Gasteiger partial charge in [-0.15, -0.1) is 0 Å². The fourth-order valence-electron chi connectivity index (χ4n) is 7.18. The third-order valence-electron chi connectivity index (χ3n) is 9.78. The van der Waals surface area contributed by atoms with Gasteiger partial charge in [-0.3, -0.25) is 9.69 Å². The van der Waals surface area contributed by atoms with Gasteiger partial charge in [0.15, 0.2) is 0 Å². The molecule has 8 nitrogen and oxygen atoms in total. The summed E-state index contributed by atoms with van der Waals surface area (Å²) in [6.07, 6.45) is 7.77. The first-order chi connectivity index (χ1) is 21.8. The summed E-state index contributed by atoms with van der Waals surface area (Å²) < 4.78 is 12.4. The number of rotatable bonds is 12. The Kier molecular flexibility index (Phi) is 11.1. The van der Waals surface area contributed by atoms with Crippen LogP contribution in [0.3, 0.4) is 0 Å². The minimum atomic E-state index is -0.812. The second-order valence-corrected chi connectivity index (χ2v) is 12.5. The summed E-state index contributed by atoms with van der Waals surface area (Å²) in [7, 11) is 0. The van der Waals surface area contributed by atoms with E-state index in [2.05, 4.69) is 55.8 Å². The van der Waals surface area contributed by atoms with Crippen LogP contribution in [0, 0.1) is 19.8 Å². The first kappa shape index (κ1) is 32.9. The fraction of sp³-hybridized carbons (Fsp3) is 0.541. The summed E-state index contributed by atoms with van der Waals surface area (Å²) in [4.78, 5) is 26.0. The average molecular weight is 615 g/mol. The zero-order chi connectivity index (χ0) is 31.9. The molecule has 1 saturated heterocycles. The normalized spacial score (nSPS) is 19.5. The van der Waals surface area contributed by atoms with Crippen molar-refractivity contribution in [3.8, 4) is 17.0 Å². The number of carboxylic acid groups (broad SMARTS) is 1. The number of aromatic nitrogens is 2. The highest BCUT2D eigenvalue weighted by atomic mass is 16.5. The van der Waals surface area contributed by atoms with Gasteiger partial charge < -0.3 is 19.5 Å². The van der Waals surface area contributed by atoms with Crippen molar-refractivity contribution in [3.63, 3.8) is 0 Å². The van der Waals surface area contributed by atoms with Crippen molar-refractivity contribution in [3.05, 3.63) is 70.4 Å². The van der Waals surface area contributed by atoms with Crippen molar-refractivity contribution in [1.29, 1.82) is 0 Å². The van der Waals surface area contributed by atoms with E-state index < -0.39 is 18.0 Å². The molecule has 45 heavy (non-hydrogen) atoms. The van der Waals surface area contributed by atoms with E-state index in [1.54, 1.807) is 6.20 Å². The van der Waals surface area contributed by atoms with E-state index >= 15 is 0 Å². The third-order valence-corrected chi connectivity index (χ3v) is 9.78. The molecule has 0 saturated carbocycles. The molecule has 2 aromatic carbocycles. The lowest BCUT2D eigenvalue weighted by atomic mass is 9.94. The molecule has 3 heterocycles. The quantitative estimate of drug-likeness (QED) is 0.243. The van der Waals surface area contributed by atoms with Crippen LogP contribution in [0.4, 0.5) is 5.95 Å². The third kappa shape index (κ3) is 7.50. The van der Waals surface area contributed by atoms with E-state index in [1.165, 1.54) is 41.5 Å². The number of benzene rings is 2. The van der Waals surface area contributed by atoms with Crippen LogP contribution >= 0.6 is 0 Å². The number of carboxylic acids is 1. The Hall–Kier alpha value is -3.49. The molecule has 2 aliphatic rings. The zero-order valence-electron chi connectivity index (χ0n) is 27.7. The van der Waals surface area contributed by atoms with Crippen molar-refractivity contribution >= 4 is 11.9 Å². The maximum atomic E-state index is 11.8. The Morgan fingerprint density at radius 2 is 1.89 bits per heavy atom. The number of hydrogen-bond donors (Lipinski definition) is 1. The van der Waals surface area contributed by atoms with Gasteiger partial charge >= 0.3 is 5.97 Å². The molecular weight excluding hydrogens is 564 g/mol. The number of nitrogens with zero attached hydrogens (tertiary/aromatic N) is 4. The lowest BCUT2D eigenvalue weighted by Crippen LogP contribution is -2.48. The van der Waals surface area contributed by atoms with E-state index in [-0.39, 0.29) is 0 Å². The Bertz CT molecular complexity index is 1460. The molecule has 3 atom stereocenters. The van der Waals surface area contributed by atoms with Gasteiger partial charge in [-0.25, -0.2) is 9.97 Å². The molecule has 0 amide bonds. The van der Waals surface area contributed by atoms with Gasteiger partial charge in [0, 0.05) is 50.6 Å². The van der Waals surface area contributed by atoms with Gasteiger partial charge in [0.25, 0.3) is 0 Å². The number of hydrogen-bond acceptors (Lipinski definition) is 7. The van der Waals surface area contributed by atoms with Crippen LogP contribution in [0.2, 0.25) is 0 Å². The molecule has 0 aliphatic carbocycles. The maximum absolute atomic E-state index is 11.8. The van der Waals surface area contributed by atoms with Crippen molar-refractivity contribution in [2.45, 2.75) is 91.9 Å². The predicted octanol–water partition coefficient (Wildman–Crippen LogP) is 6.63.